The van der Waals surface area contributed by atoms with Crippen LogP contribution in [0.3, 0.4) is 0 Å². The van der Waals surface area contributed by atoms with Gasteiger partial charge in [-0.05, 0) is 55.1 Å². The molecular formula is C18H23N3. The highest BCUT2D eigenvalue weighted by atomic mass is 15.1. The number of benzene rings is 1. The molecule has 0 aliphatic carbocycles. The van der Waals surface area contributed by atoms with E-state index >= 15 is 0 Å². The van der Waals surface area contributed by atoms with Crippen LogP contribution in [0.1, 0.15) is 30.0 Å². The Morgan fingerprint density at radius 3 is 2.90 bits per heavy atom. The monoisotopic (exact) mass is 281 g/mol. The lowest BCUT2D eigenvalue weighted by Gasteiger charge is -2.20. The average Bonchev–Trinajstić information content (AvgIpc) is 2.69. The highest BCUT2D eigenvalue weighted by molar-refractivity contribution is 5.37. The third kappa shape index (κ3) is 3.61. The second-order valence-corrected chi connectivity index (χ2v) is 5.66. The number of fused-ring (bicyclic) bond motifs is 1. The Hall–Kier alpha value is -1.87. The van der Waals surface area contributed by atoms with Crippen LogP contribution in [0.2, 0.25) is 0 Å². The molecule has 1 N–H and O–H groups in total. The molecule has 0 radical (unpaired) electrons. The van der Waals surface area contributed by atoms with Crippen LogP contribution in [-0.2, 0) is 19.5 Å². The molecule has 2 aromatic rings. The summed E-state index contributed by atoms with van der Waals surface area (Å²) in [5, 5.41) is 3.28. The Kier molecular flexibility index (Phi) is 4.51. The first-order chi connectivity index (χ1) is 10.3. The zero-order valence-electron chi connectivity index (χ0n) is 12.7. The van der Waals surface area contributed by atoms with Gasteiger partial charge in [-0.25, -0.2) is 4.98 Å². The minimum Gasteiger partial charge on any atom is -0.370 e. The molecule has 0 atom stereocenters. The van der Waals surface area contributed by atoms with Gasteiger partial charge in [-0.2, -0.15) is 0 Å². The van der Waals surface area contributed by atoms with Crippen molar-refractivity contribution in [3.05, 3.63) is 59.3 Å². The zero-order valence-corrected chi connectivity index (χ0v) is 12.7. The lowest BCUT2D eigenvalue weighted by molar-refractivity contribution is 0.261. The minimum atomic E-state index is 0.910. The van der Waals surface area contributed by atoms with Gasteiger partial charge < -0.3 is 5.32 Å². The highest BCUT2D eigenvalue weighted by Crippen LogP contribution is 2.20. The van der Waals surface area contributed by atoms with Crippen molar-refractivity contribution >= 4 is 5.82 Å². The second-order valence-electron chi connectivity index (χ2n) is 5.66. The average molecular weight is 281 g/mol. The summed E-state index contributed by atoms with van der Waals surface area (Å²) in [6, 6.07) is 13.1. The lowest BCUT2D eigenvalue weighted by Crippen LogP contribution is -2.22. The van der Waals surface area contributed by atoms with E-state index in [0.29, 0.717) is 0 Å². The summed E-state index contributed by atoms with van der Waals surface area (Å²) in [6.45, 7) is 6.21. The maximum Gasteiger partial charge on any atom is 0.126 e. The zero-order chi connectivity index (χ0) is 14.5. The molecule has 0 bridgehead atoms. The van der Waals surface area contributed by atoms with Crippen LogP contribution in [-0.4, -0.2) is 23.0 Å². The number of pyridine rings is 1. The number of nitrogens with one attached hydrogen (secondary N) is 1. The fourth-order valence-electron chi connectivity index (χ4n) is 3.01. The van der Waals surface area contributed by atoms with Crippen LogP contribution >= 0.6 is 0 Å². The molecule has 0 saturated heterocycles. The lowest BCUT2D eigenvalue weighted by atomic mass is 10.0. The Balaban J connectivity index is 1.72. The summed E-state index contributed by atoms with van der Waals surface area (Å²) in [4.78, 5) is 6.89. The first-order valence-electron chi connectivity index (χ1n) is 7.83. The van der Waals surface area contributed by atoms with E-state index in [9.17, 15) is 0 Å². The molecule has 3 heteroatoms. The van der Waals surface area contributed by atoms with Crippen LogP contribution in [0.15, 0.2) is 42.6 Å². The van der Waals surface area contributed by atoms with Crippen molar-refractivity contribution in [3.63, 3.8) is 0 Å². The topological polar surface area (TPSA) is 28.2 Å². The van der Waals surface area contributed by atoms with Gasteiger partial charge in [0.2, 0.25) is 0 Å². The van der Waals surface area contributed by atoms with Crippen LogP contribution in [0, 0.1) is 0 Å². The van der Waals surface area contributed by atoms with Crippen molar-refractivity contribution in [2.45, 2.75) is 32.9 Å². The Morgan fingerprint density at radius 2 is 2.05 bits per heavy atom. The van der Waals surface area contributed by atoms with Crippen molar-refractivity contribution in [1.29, 1.82) is 0 Å². The number of hydrogen-bond acceptors (Lipinski definition) is 3. The maximum atomic E-state index is 4.35. The molecule has 0 saturated carbocycles. The van der Waals surface area contributed by atoms with E-state index in [4.69, 9.17) is 0 Å². The molecule has 0 spiro atoms. The molecule has 21 heavy (non-hydrogen) atoms. The number of aryl methyl sites for hydroxylation is 1. The highest BCUT2D eigenvalue weighted by Gasteiger charge is 2.14. The number of nitrogens with zero attached hydrogens (tertiary/aromatic N) is 2. The quantitative estimate of drug-likeness (QED) is 0.930. The molecule has 1 aliphatic rings. The normalized spacial score (nSPS) is 15.3. The smallest absolute Gasteiger partial charge is 0.126 e. The molecule has 0 fully saturated rings. The van der Waals surface area contributed by atoms with E-state index in [0.717, 1.165) is 32.0 Å². The standard InChI is InChI=1S/C18H23N3/c1-2-19-18-12-15(9-10-20-18)13-21-11-5-8-16-6-3-4-7-17(16)14-21/h3-4,6-7,9-10,12H,2,5,8,11,13-14H2,1H3,(H,19,20). The summed E-state index contributed by atoms with van der Waals surface area (Å²) in [7, 11) is 0. The molecule has 0 unspecified atom stereocenters. The summed E-state index contributed by atoms with van der Waals surface area (Å²) in [6.07, 6.45) is 4.34. The van der Waals surface area contributed by atoms with Gasteiger partial charge in [0.1, 0.15) is 5.82 Å². The summed E-state index contributed by atoms with van der Waals surface area (Å²) >= 11 is 0. The van der Waals surface area contributed by atoms with E-state index in [2.05, 4.69) is 58.5 Å². The molecule has 0 amide bonds. The molecule has 3 nitrogen and oxygen atoms in total. The fraction of sp³-hybridized carbons (Fsp3) is 0.389. The third-order valence-electron chi connectivity index (χ3n) is 4.02. The van der Waals surface area contributed by atoms with Crippen LogP contribution in [0.25, 0.3) is 0 Å². The molecule has 1 aromatic carbocycles. The van der Waals surface area contributed by atoms with Gasteiger partial charge in [-0.15, -0.1) is 0 Å². The van der Waals surface area contributed by atoms with E-state index in [-0.39, 0.29) is 0 Å². The molecule has 3 rings (SSSR count). The largest absolute Gasteiger partial charge is 0.370 e. The van der Waals surface area contributed by atoms with E-state index in [1.54, 1.807) is 0 Å². The first-order valence-corrected chi connectivity index (χ1v) is 7.83. The molecule has 110 valence electrons. The van der Waals surface area contributed by atoms with Gasteiger partial charge in [0.15, 0.2) is 0 Å². The van der Waals surface area contributed by atoms with Gasteiger partial charge in [-0.3, -0.25) is 4.90 Å². The predicted molar refractivity (Wildman–Crippen MR) is 87.3 cm³/mol. The maximum absolute atomic E-state index is 4.35. The summed E-state index contributed by atoms with van der Waals surface area (Å²) < 4.78 is 0. The second kappa shape index (κ2) is 6.72. The van der Waals surface area contributed by atoms with Gasteiger partial charge in [0, 0.05) is 25.8 Å². The Bertz CT molecular complexity index is 595. The Morgan fingerprint density at radius 1 is 1.19 bits per heavy atom. The van der Waals surface area contributed by atoms with Crippen molar-refractivity contribution in [2.24, 2.45) is 0 Å². The van der Waals surface area contributed by atoms with E-state index in [1.165, 1.54) is 29.5 Å². The Labute approximate surface area is 127 Å². The molecule has 1 aromatic heterocycles. The van der Waals surface area contributed by atoms with Gasteiger partial charge >= 0.3 is 0 Å². The van der Waals surface area contributed by atoms with Gasteiger partial charge in [0.05, 0.1) is 0 Å². The minimum absolute atomic E-state index is 0.910. The van der Waals surface area contributed by atoms with E-state index in [1.807, 2.05) is 6.20 Å². The number of rotatable bonds is 4. The van der Waals surface area contributed by atoms with Crippen molar-refractivity contribution < 1.29 is 0 Å². The van der Waals surface area contributed by atoms with E-state index < -0.39 is 0 Å². The van der Waals surface area contributed by atoms with Crippen molar-refractivity contribution in [1.82, 2.24) is 9.88 Å². The summed E-state index contributed by atoms with van der Waals surface area (Å²) in [5.41, 5.74) is 4.33. The van der Waals surface area contributed by atoms with Crippen LogP contribution in [0.4, 0.5) is 5.82 Å². The predicted octanol–water partition coefficient (Wildman–Crippen LogP) is 3.46. The molecule has 2 heterocycles. The van der Waals surface area contributed by atoms with Crippen molar-refractivity contribution in [2.75, 3.05) is 18.4 Å². The van der Waals surface area contributed by atoms with Crippen LogP contribution in [0.5, 0.6) is 0 Å². The van der Waals surface area contributed by atoms with Crippen LogP contribution < -0.4 is 5.32 Å². The van der Waals surface area contributed by atoms with Crippen molar-refractivity contribution in [3.8, 4) is 0 Å². The number of anilines is 1. The fourth-order valence-corrected chi connectivity index (χ4v) is 3.01. The third-order valence-corrected chi connectivity index (χ3v) is 4.02. The molecular weight excluding hydrogens is 258 g/mol. The number of hydrogen-bond donors (Lipinski definition) is 1. The SMILES string of the molecule is CCNc1cc(CN2CCCc3ccccc3C2)ccn1. The first kappa shape index (κ1) is 14.1. The summed E-state index contributed by atoms with van der Waals surface area (Å²) in [5.74, 6) is 0.977. The number of aromatic nitrogens is 1. The molecule has 1 aliphatic heterocycles. The van der Waals surface area contributed by atoms with Gasteiger partial charge in [-0.1, -0.05) is 24.3 Å². The van der Waals surface area contributed by atoms with Gasteiger partial charge in [0.25, 0.3) is 0 Å².